The van der Waals surface area contributed by atoms with E-state index in [0.717, 1.165) is 34.8 Å². The number of alkyl halides is 6. The lowest BCUT2D eigenvalue weighted by molar-refractivity contribution is -0.137. The van der Waals surface area contributed by atoms with Crippen molar-refractivity contribution >= 4 is 21.7 Å². The summed E-state index contributed by atoms with van der Waals surface area (Å²) >= 11 is 0. The van der Waals surface area contributed by atoms with Crippen LogP contribution in [0.2, 0.25) is 0 Å². The van der Waals surface area contributed by atoms with E-state index in [1.165, 1.54) is 48.5 Å². The van der Waals surface area contributed by atoms with Crippen molar-refractivity contribution in [1.82, 2.24) is 14.3 Å². The Morgan fingerprint density at radius 2 is 1.71 bits per heavy atom. The van der Waals surface area contributed by atoms with Gasteiger partial charge in [0.15, 0.2) is 5.82 Å². The van der Waals surface area contributed by atoms with Crippen molar-refractivity contribution in [3.05, 3.63) is 66.0 Å². The number of hydrazine groups is 1. The molecule has 0 atom stereocenters. The zero-order valence-electron chi connectivity index (χ0n) is 18.1. The van der Waals surface area contributed by atoms with Crippen LogP contribution >= 0.6 is 0 Å². The van der Waals surface area contributed by atoms with Crippen LogP contribution in [0.5, 0.6) is 0 Å². The summed E-state index contributed by atoms with van der Waals surface area (Å²) in [7, 11) is -1.65. The fraction of sp³-hybridized carbons (Fsp3) is 0.238. The molecule has 0 unspecified atom stereocenters. The highest BCUT2D eigenvalue weighted by molar-refractivity contribution is 7.89. The van der Waals surface area contributed by atoms with Crippen molar-refractivity contribution in [2.75, 3.05) is 25.8 Å². The van der Waals surface area contributed by atoms with E-state index in [-0.39, 0.29) is 34.3 Å². The van der Waals surface area contributed by atoms with E-state index >= 15 is 0 Å². The normalized spacial score (nSPS) is 16.5. The molecule has 0 aliphatic carbocycles. The Hall–Kier alpha value is -3.39. The quantitative estimate of drug-likeness (QED) is 0.562. The van der Waals surface area contributed by atoms with Crippen LogP contribution in [0.4, 0.5) is 32.2 Å². The second kappa shape index (κ2) is 8.37. The van der Waals surface area contributed by atoms with Gasteiger partial charge < -0.3 is 0 Å². The number of nitrogens with zero attached hydrogens (tertiary/aromatic N) is 5. The fourth-order valence-electron chi connectivity index (χ4n) is 3.41. The van der Waals surface area contributed by atoms with E-state index in [0.29, 0.717) is 0 Å². The standard InChI is InChI=1S/C21H17F6N5O2S/c1-30(2)35(33,34)17-9-14(13-4-3-5-15(8-13)20(22,23)24)11-28-19(17)32-12-29-18-10-16(21(25,26)27)6-7-31(18)32/h3-11H,12H2,1-2H3. The number of anilines is 1. The van der Waals surface area contributed by atoms with Crippen LogP contribution in [0.3, 0.4) is 0 Å². The van der Waals surface area contributed by atoms with Crippen molar-refractivity contribution in [2.24, 2.45) is 4.99 Å². The Labute approximate surface area is 196 Å². The van der Waals surface area contributed by atoms with Crippen molar-refractivity contribution in [2.45, 2.75) is 17.2 Å². The molecule has 0 saturated carbocycles. The van der Waals surface area contributed by atoms with Crippen molar-refractivity contribution in [3.63, 3.8) is 0 Å². The molecular weight excluding hydrogens is 500 g/mol. The topological polar surface area (TPSA) is 69.1 Å². The number of benzene rings is 1. The number of sulfonamides is 1. The number of amidine groups is 1. The van der Waals surface area contributed by atoms with Gasteiger partial charge in [-0.2, -0.15) is 26.3 Å². The summed E-state index contributed by atoms with van der Waals surface area (Å²) in [6.07, 6.45) is -5.28. The summed E-state index contributed by atoms with van der Waals surface area (Å²) in [6, 6.07) is 5.51. The molecule has 14 heteroatoms. The number of hydrogen-bond acceptors (Lipinski definition) is 6. The van der Waals surface area contributed by atoms with Crippen LogP contribution in [-0.2, 0) is 16.2 Å². The van der Waals surface area contributed by atoms with Gasteiger partial charge in [0.1, 0.15) is 17.4 Å². The van der Waals surface area contributed by atoms with Crippen molar-refractivity contribution < 1.29 is 34.8 Å². The molecule has 35 heavy (non-hydrogen) atoms. The molecule has 186 valence electrons. The second-order valence-corrected chi connectivity index (χ2v) is 9.85. The minimum Gasteiger partial charge on any atom is -0.243 e. The molecule has 0 N–H and O–H groups in total. The van der Waals surface area contributed by atoms with E-state index in [2.05, 4.69) is 9.98 Å². The van der Waals surface area contributed by atoms with Gasteiger partial charge in [0.05, 0.1) is 11.1 Å². The third kappa shape index (κ3) is 4.62. The molecule has 0 fully saturated rings. The van der Waals surface area contributed by atoms with Crippen LogP contribution in [-0.4, -0.2) is 55.5 Å². The summed E-state index contributed by atoms with van der Waals surface area (Å²) in [4.78, 5) is 7.86. The van der Waals surface area contributed by atoms with Crippen LogP contribution in [0.1, 0.15) is 5.56 Å². The highest BCUT2D eigenvalue weighted by Gasteiger charge is 2.38. The van der Waals surface area contributed by atoms with Crippen LogP contribution in [0.15, 0.2) is 70.3 Å². The van der Waals surface area contributed by atoms with Gasteiger partial charge in [-0.25, -0.2) is 32.7 Å². The van der Waals surface area contributed by atoms with Crippen LogP contribution in [0, 0.1) is 0 Å². The van der Waals surface area contributed by atoms with E-state index in [1.807, 2.05) is 0 Å². The van der Waals surface area contributed by atoms with Crippen molar-refractivity contribution in [1.29, 1.82) is 0 Å². The first-order valence-electron chi connectivity index (χ1n) is 9.88. The number of halogens is 6. The van der Waals surface area contributed by atoms with Gasteiger partial charge >= 0.3 is 12.4 Å². The van der Waals surface area contributed by atoms with Gasteiger partial charge in [-0.05, 0) is 35.9 Å². The molecule has 1 aromatic carbocycles. The van der Waals surface area contributed by atoms with Gasteiger partial charge in [0.2, 0.25) is 10.0 Å². The summed E-state index contributed by atoms with van der Waals surface area (Å²) in [5, 5.41) is 2.47. The number of pyridine rings is 1. The molecule has 1 aromatic heterocycles. The van der Waals surface area contributed by atoms with Gasteiger partial charge in [0, 0.05) is 32.1 Å². The number of fused-ring (bicyclic) bond motifs is 1. The van der Waals surface area contributed by atoms with Gasteiger partial charge in [0.25, 0.3) is 0 Å². The maximum atomic E-state index is 13.2. The van der Waals surface area contributed by atoms with Gasteiger partial charge in [-0.1, -0.05) is 12.1 Å². The summed E-state index contributed by atoms with van der Waals surface area (Å²) in [6.45, 7) is -0.229. The third-order valence-electron chi connectivity index (χ3n) is 5.23. The number of aliphatic imine (C=N–C) groups is 1. The van der Waals surface area contributed by atoms with Crippen LogP contribution in [0.25, 0.3) is 11.1 Å². The first-order chi connectivity index (χ1) is 16.2. The molecular formula is C21H17F6N5O2S. The molecule has 0 bridgehead atoms. The maximum absolute atomic E-state index is 13.2. The molecule has 2 aliphatic rings. The fourth-order valence-corrected chi connectivity index (χ4v) is 4.46. The lowest BCUT2D eigenvalue weighted by atomic mass is 10.0. The molecule has 0 radical (unpaired) electrons. The average Bonchev–Trinajstić information content (AvgIpc) is 3.21. The Bertz CT molecular complexity index is 1360. The lowest BCUT2D eigenvalue weighted by Crippen LogP contribution is -2.40. The Balaban J connectivity index is 1.79. The molecule has 0 saturated heterocycles. The number of rotatable bonds is 4. The first kappa shape index (κ1) is 24.7. The zero-order chi connectivity index (χ0) is 25.8. The molecule has 4 rings (SSSR count). The number of hydrogen-bond donors (Lipinski definition) is 0. The summed E-state index contributed by atoms with van der Waals surface area (Å²) in [5.74, 6) is -0.224. The largest absolute Gasteiger partial charge is 0.416 e. The number of allylic oxidation sites excluding steroid dienone is 2. The van der Waals surface area contributed by atoms with E-state index in [9.17, 15) is 34.8 Å². The SMILES string of the molecule is CN(C)S(=O)(=O)c1cc(-c2cccc(C(F)(F)F)c2)cnc1N1CN=C2C=C(C(F)(F)F)C=CN21. The number of aromatic nitrogens is 1. The highest BCUT2D eigenvalue weighted by atomic mass is 32.2. The minimum atomic E-state index is -4.60. The minimum absolute atomic E-state index is 0.0724. The molecule has 3 heterocycles. The van der Waals surface area contributed by atoms with Gasteiger partial charge in [-0.3, -0.25) is 0 Å². The van der Waals surface area contributed by atoms with E-state index in [1.54, 1.807) is 0 Å². The molecule has 0 spiro atoms. The molecule has 2 aromatic rings. The Morgan fingerprint density at radius 1 is 1.00 bits per heavy atom. The predicted molar refractivity (Wildman–Crippen MR) is 115 cm³/mol. The summed E-state index contributed by atoms with van der Waals surface area (Å²) < 4.78 is 106. The summed E-state index contributed by atoms with van der Waals surface area (Å²) in [5.41, 5.74) is -1.65. The average molecular weight is 517 g/mol. The van der Waals surface area contributed by atoms with E-state index in [4.69, 9.17) is 0 Å². The molecule has 7 nitrogen and oxygen atoms in total. The lowest BCUT2D eigenvalue weighted by Gasteiger charge is -2.31. The third-order valence-corrected chi connectivity index (χ3v) is 7.05. The van der Waals surface area contributed by atoms with Gasteiger partial charge in [-0.15, -0.1) is 0 Å². The monoisotopic (exact) mass is 517 g/mol. The van der Waals surface area contributed by atoms with Crippen molar-refractivity contribution in [3.8, 4) is 11.1 Å². The Morgan fingerprint density at radius 3 is 2.34 bits per heavy atom. The smallest absolute Gasteiger partial charge is 0.243 e. The second-order valence-electron chi connectivity index (χ2n) is 7.73. The zero-order valence-corrected chi connectivity index (χ0v) is 18.9. The maximum Gasteiger partial charge on any atom is 0.416 e. The Kier molecular flexibility index (Phi) is 5.92. The van der Waals surface area contributed by atoms with E-state index < -0.39 is 33.5 Å². The molecule has 0 amide bonds. The predicted octanol–water partition coefficient (Wildman–Crippen LogP) is 4.43. The first-order valence-corrected chi connectivity index (χ1v) is 11.3. The highest BCUT2D eigenvalue weighted by Crippen LogP contribution is 2.37. The van der Waals surface area contributed by atoms with Crippen LogP contribution < -0.4 is 5.01 Å². The molecule has 2 aliphatic heterocycles.